The lowest BCUT2D eigenvalue weighted by Gasteiger charge is -2.10. The topological polar surface area (TPSA) is 74.5 Å². The molecule has 0 aliphatic rings. The van der Waals surface area contributed by atoms with Crippen LogP contribution in [0.15, 0.2) is 53.3 Å². The second-order valence-electron chi connectivity index (χ2n) is 5.96. The van der Waals surface area contributed by atoms with E-state index in [2.05, 4.69) is 5.32 Å². The minimum absolute atomic E-state index is 0.219. The molecular formula is C20H21N3O4. The van der Waals surface area contributed by atoms with Crippen LogP contribution in [-0.4, -0.2) is 29.5 Å². The predicted octanol–water partition coefficient (Wildman–Crippen LogP) is 2.75. The third kappa shape index (κ3) is 3.31. The first kappa shape index (κ1) is 18.3. The molecule has 0 spiro atoms. The van der Waals surface area contributed by atoms with Gasteiger partial charge in [0, 0.05) is 7.05 Å². The Labute approximate surface area is 156 Å². The lowest BCUT2D eigenvalue weighted by Crippen LogP contribution is -2.23. The van der Waals surface area contributed by atoms with Gasteiger partial charge in [0.25, 0.3) is 11.5 Å². The summed E-state index contributed by atoms with van der Waals surface area (Å²) in [6.07, 6.45) is 0. The summed E-state index contributed by atoms with van der Waals surface area (Å²) in [7, 11) is 4.77. The highest BCUT2D eigenvalue weighted by Gasteiger charge is 2.21. The molecule has 0 aliphatic carbocycles. The van der Waals surface area contributed by atoms with Gasteiger partial charge in [0.1, 0.15) is 17.2 Å². The van der Waals surface area contributed by atoms with Crippen molar-refractivity contribution in [1.29, 1.82) is 0 Å². The van der Waals surface area contributed by atoms with Crippen molar-refractivity contribution in [2.45, 2.75) is 6.92 Å². The van der Waals surface area contributed by atoms with Crippen LogP contribution < -0.4 is 20.3 Å². The van der Waals surface area contributed by atoms with Gasteiger partial charge in [0.2, 0.25) is 0 Å². The first-order chi connectivity index (χ1) is 13.0. The standard InChI is InChI=1S/C20H21N3O4/c1-13-18(20(25)23(22(13)2)14-8-6-5-7-9-14)21-19(24)16-12-15(26-3)10-11-17(16)27-4/h5-12H,1-4H3,(H,21,24). The first-order valence-corrected chi connectivity index (χ1v) is 8.35. The van der Waals surface area contributed by atoms with Crippen LogP contribution in [0.5, 0.6) is 11.5 Å². The average molecular weight is 367 g/mol. The van der Waals surface area contributed by atoms with E-state index in [9.17, 15) is 9.59 Å². The lowest BCUT2D eigenvalue weighted by molar-refractivity contribution is 0.102. The van der Waals surface area contributed by atoms with Crippen LogP contribution in [0.4, 0.5) is 5.69 Å². The summed E-state index contributed by atoms with van der Waals surface area (Å²) in [5.74, 6) is 0.467. The fourth-order valence-corrected chi connectivity index (χ4v) is 2.88. The largest absolute Gasteiger partial charge is 0.497 e. The number of anilines is 1. The number of methoxy groups -OCH3 is 2. The molecule has 7 heteroatoms. The normalized spacial score (nSPS) is 10.5. The van der Waals surface area contributed by atoms with E-state index in [0.29, 0.717) is 22.9 Å². The van der Waals surface area contributed by atoms with Gasteiger partial charge in [-0.15, -0.1) is 0 Å². The summed E-state index contributed by atoms with van der Waals surface area (Å²) in [6, 6.07) is 14.2. The molecule has 27 heavy (non-hydrogen) atoms. The fraction of sp³-hybridized carbons (Fsp3) is 0.200. The fourth-order valence-electron chi connectivity index (χ4n) is 2.88. The van der Waals surface area contributed by atoms with Crippen LogP contribution in [0.25, 0.3) is 5.69 Å². The Balaban J connectivity index is 2.02. The molecule has 1 amide bonds. The van der Waals surface area contributed by atoms with Crippen LogP contribution in [-0.2, 0) is 7.05 Å². The van der Waals surface area contributed by atoms with E-state index in [1.807, 2.05) is 30.3 Å². The molecule has 1 N–H and O–H groups in total. The number of nitrogens with one attached hydrogen (secondary N) is 1. The lowest BCUT2D eigenvalue weighted by atomic mass is 10.1. The molecule has 0 fully saturated rings. The highest BCUT2D eigenvalue weighted by atomic mass is 16.5. The number of para-hydroxylation sites is 1. The Bertz CT molecular complexity index is 1040. The van der Waals surface area contributed by atoms with Gasteiger partial charge in [-0.3, -0.25) is 14.3 Å². The van der Waals surface area contributed by atoms with E-state index in [1.54, 1.807) is 36.9 Å². The van der Waals surface area contributed by atoms with Crippen molar-refractivity contribution < 1.29 is 14.3 Å². The molecular weight excluding hydrogens is 346 g/mol. The van der Waals surface area contributed by atoms with Gasteiger partial charge in [0.05, 0.1) is 31.2 Å². The maximum absolute atomic E-state index is 12.9. The molecule has 0 atom stereocenters. The van der Waals surface area contributed by atoms with E-state index >= 15 is 0 Å². The molecule has 140 valence electrons. The molecule has 0 bridgehead atoms. The number of nitrogens with zero attached hydrogens (tertiary/aromatic N) is 2. The summed E-state index contributed by atoms with van der Waals surface area (Å²) in [6.45, 7) is 1.78. The molecule has 1 heterocycles. The number of hydrogen-bond acceptors (Lipinski definition) is 4. The van der Waals surface area contributed by atoms with Crippen molar-refractivity contribution in [3.63, 3.8) is 0 Å². The number of aromatic nitrogens is 2. The molecule has 3 aromatic rings. The third-order valence-electron chi connectivity index (χ3n) is 4.44. The van der Waals surface area contributed by atoms with E-state index in [-0.39, 0.29) is 16.8 Å². The SMILES string of the molecule is COc1ccc(OC)c(C(=O)Nc2c(C)n(C)n(-c3ccccc3)c2=O)c1. The number of benzene rings is 2. The van der Waals surface area contributed by atoms with Crippen molar-refractivity contribution in [2.24, 2.45) is 7.05 Å². The van der Waals surface area contributed by atoms with Gasteiger partial charge >= 0.3 is 0 Å². The predicted molar refractivity (Wildman–Crippen MR) is 103 cm³/mol. The van der Waals surface area contributed by atoms with Crippen molar-refractivity contribution in [3.05, 3.63) is 70.1 Å². The van der Waals surface area contributed by atoms with E-state index in [0.717, 1.165) is 0 Å². The molecule has 0 unspecified atom stereocenters. The van der Waals surface area contributed by atoms with E-state index < -0.39 is 5.91 Å². The molecule has 0 saturated carbocycles. The number of ether oxygens (including phenoxy) is 2. The quantitative estimate of drug-likeness (QED) is 0.752. The second kappa shape index (κ2) is 7.41. The minimum Gasteiger partial charge on any atom is -0.497 e. The highest BCUT2D eigenvalue weighted by Crippen LogP contribution is 2.25. The zero-order valence-electron chi connectivity index (χ0n) is 15.6. The molecule has 1 aromatic heterocycles. The Hall–Kier alpha value is -3.48. The zero-order valence-corrected chi connectivity index (χ0v) is 15.6. The van der Waals surface area contributed by atoms with Gasteiger partial charge < -0.3 is 14.8 Å². The number of hydrogen-bond donors (Lipinski definition) is 1. The number of carbonyl (C=O) groups excluding carboxylic acids is 1. The summed E-state index contributed by atoms with van der Waals surface area (Å²) < 4.78 is 13.6. The van der Waals surface area contributed by atoms with Crippen LogP contribution in [0, 0.1) is 6.92 Å². The van der Waals surface area contributed by atoms with E-state index in [1.165, 1.54) is 18.9 Å². The molecule has 0 saturated heterocycles. The monoisotopic (exact) mass is 367 g/mol. The summed E-state index contributed by atoms with van der Waals surface area (Å²) in [5, 5.41) is 2.72. The number of rotatable bonds is 5. The maximum Gasteiger partial charge on any atom is 0.295 e. The van der Waals surface area contributed by atoms with Gasteiger partial charge in [0.15, 0.2) is 0 Å². The smallest absolute Gasteiger partial charge is 0.295 e. The molecule has 0 radical (unpaired) electrons. The van der Waals surface area contributed by atoms with Crippen molar-refractivity contribution in [1.82, 2.24) is 9.36 Å². The molecule has 2 aromatic carbocycles. The highest BCUT2D eigenvalue weighted by molar-refractivity contribution is 6.06. The van der Waals surface area contributed by atoms with Crippen LogP contribution in [0.2, 0.25) is 0 Å². The van der Waals surface area contributed by atoms with Gasteiger partial charge in [-0.1, -0.05) is 18.2 Å². The Morgan fingerprint density at radius 2 is 1.74 bits per heavy atom. The zero-order chi connectivity index (χ0) is 19.6. The summed E-state index contributed by atoms with van der Waals surface area (Å²) >= 11 is 0. The van der Waals surface area contributed by atoms with Gasteiger partial charge in [-0.05, 0) is 37.3 Å². The first-order valence-electron chi connectivity index (χ1n) is 8.35. The van der Waals surface area contributed by atoms with Crippen molar-refractivity contribution >= 4 is 11.6 Å². The average Bonchev–Trinajstić information content (AvgIpc) is 2.91. The third-order valence-corrected chi connectivity index (χ3v) is 4.44. The number of carbonyl (C=O) groups is 1. The molecule has 3 rings (SSSR count). The molecule has 0 aliphatic heterocycles. The Kier molecular flexibility index (Phi) is 5.03. The summed E-state index contributed by atoms with van der Waals surface area (Å²) in [4.78, 5) is 25.7. The van der Waals surface area contributed by atoms with Gasteiger partial charge in [-0.2, -0.15) is 0 Å². The Morgan fingerprint density at radius 1 is 1.04 bits per heavy atom. The van der Waals surface area contributed by atoms with Crippen molar-refractivity contribution in [3.8, 4) is 17.2 Å². The second-order valence-corrected chi connectivity index (χ2v) is 5.96. The van der Waals surface area contributed by atoms with Crippen LogP contribution in [0.1, 0.15) is 16.1 Å². The molecule has 7 nitrogen and oxygen atoms in total. The van der Waals surface area contributed by atoms with Crippen molar-refractivity contribution in [2.75, 3.05) is 19.5 Å². The number of amides is 1. The van der Waals surface area contributed by atoms with Gasteiger partial charge in [-0.25, -0.2) is 4.68 Å². The van der Waals surface area contributed by atoms with E-state index in [4.69, 9.17) is 9.47 Å². The minimum atomic E-state index is -0.447. The van der Waals surface area contributed by atoms with Crippen LogP contribution in [0.3, 0.4) is 0 Å². The summed E-state index contributed by atoms with van der Waals surface area (Å²) in [5.41, 5.74) is 1.55. The Morgan fingerprint density at radius 3 is 2.37 bits per heavy atom. The maximum atomic E-state index is 12.9. The van der Waals surface area contributed by atoms with Crippen LogP contribution >= 0.6 is 0 Å².